The fourth-order valence-electron chi connectivity index (χ4n) is 2.55. The third-order valence-corrected chi connectivity index (χ3v) is 5.42. The molecule has 8 nitrogen and oxygen atoms in total. The van der Waals surface area contributed by atoms with Crippen LogP contribution in [0, 0.1) is 0 Å². The Kier molecular flexibility index (Phi) is 11.9. The van der Waals surface area contributed by atoms with Crippen molar-refractivity contribution >= 4 is 19.5 Å². The van der Waals surface area contributed by atoms with Crippen molar-refractivity contribution in [2.45, 2.75) is 65.5 Å². The van der Waals surface area contributed by atoms with Gasteiger partial charge in [-0.2, -0.15) is 0 Å². The smallest absolute Gasteiger partial charge is 0.328 e. The maximum absolute atomic E-state index is 12.3. The summed E-state index contributed by atoms with van der Waals surface area (Å²) < 4.78 is 17.1. The Labute approximate surface area is 150 Å². The highest BCUT2D eigenvalue weighted by Gasteiger charge is 2.28. The van der Waals surface area contributed by atoms with Crippen molar-refractivity contribution < 1.29 is 28.7 Å². The molecule has 1 heterocycles. The zero-order chi connectivity index (χ0) is 19.5. The molecule has 0 aromatic rings. The van der Waals surface area contributed by atoms with Crippen molar-refractivity contribution in [1.82, 2.24) is 10.2 Å². The summed E-state index contributed by atoms with van der Waals surface area (Å²) >= 11 is 0. The van der Waals surface area contributed by atoms with Crippen LogP contribution in [0.15, 0.2) is 0 Å². The number of carbonyl (C=O) groups excluding carboxylic acids is 1. The number of rotatable bonds is 8. The molecule has 1 rings (SSSR count). The Morgan fingerprint density at radius 3 is 2.28 bits per heavy atom. The molecule has 0 aromatic heterocycles. The van der Waals surface area contributed by atoms with E-state index in [0.717, 1.165) is 32.9 Å². The third kappa shape index (κ3) is 11.3. The van der Waals surface area contributed by atoms with Crippen LogP contribution in [0.3, 0.4) is 0 Å². The number of carboxylic acid groups (broad SMARTS) is 1. The van der Waals surface area contributed by atoms with Crippen LogP contribution in [-0.4, -0.2) is 64.7 Å². The Hall–Kier alpha value is -0.950. The first-order chi connectivity index (χ1) is 11.6. The molecule has 1 aliphatic rings. The van der Waals surface area contributed by atoms with E-state index in [1.165, 1.54) is 0 Å². The highest BCUT2D eigenvalue weighted by Crippen LogP contribution is 2.44. The molecule has 0 aliphatic carbocycles. The largest absolute Gasteiger partial charge is 0.481 e. The van der Waals surface area contributed by atoms with Gasteiger partial charge in [-0.25, -0.2) is 0 Å². The molecule has 148 valence electrons. The Bertz CT molecular complexity index is 450. The number of carboxylic acids is 1. The van der Waals surface area contributed by atoms with Crippen LogP contribution in [0.1, 0.15) is 53.4 Å². The first-order valence-electron chi connectivity index (χ1n) is 8.82. The van der Waals surface area contributed by atoms with Gasteiger partial charge in [0.05, 0.1) is 12.3 Å². The molecule has 25 heavy (non-hydrogen) atoms. The molecule has 0 radical (unpaired) electrons. The van der Waals surface area contributed by atoms with E-state index in [-0.39, 0.29) is 30.6 Å². The number of carbonyl (C=O) groups is 2. The second-order valence-electron chi connectivity index (χ2n) is 6.12. The minimum absolute atomic E-state index is 0.0496. The topological polar surface area (TPSA) is 116 Å². The van der Waals surface area contributed by atoms with Crippen LogP contribution < -0.4 is 5.32 Å². The summed E-state index contributed by atoms with van der Waals surface area (Å²) in [5, 5.41) is 10.7. The minimum Gasteiger partial charge on any atom is -0.481 e. The number of nitrogens with zero attached hydrogens (tertiary/aromatic N) is 1. The summed E-state index contributed by atoms with van der Waals surface area (Å²) in [5.74, 6) is -0.883. The van der Waals surface area contributed by atoms with Gasteiger partial charge in [0.2, 0.25) is 5.91 Å². The van der Waals surface area contributed by atoms with Crippen molar-refractivity contribution in [3.8, 4) is 0 Å². The zero-order valence-electron chi connectivity index (χ0n) is 15.7. The highest BCUT2D eigenvalue weighted by molar-refractivity contribution is 7.52. The number of hydrogen-bond donors (Lipinski definition) is 3. The number of amides is 1. The maximum atomic E-state index is 12.3. The quantitative estimate of drug-likeness (QED) is 0.552. The van der Waals surface area contributed by atoms with E-state index < -0.39 is 13.6 Å². The minimum atomic E-state index is -3.67. The predicted molar refractivity (Wildman–Crippen MR) is 96.7 cm³/mol. The SMILES string of the molecule is CC(=O)O.CCC(C)OP(=O)(O)CCC(=O)N(CC)C1CCNCC1. The predicted octanol–water partition coefficient (Wildman–Crippen LogP) is 2.07. The number of piperidine rings is 1. The second kappa shape index (κ2) is 12.4. The van der Waals surface area contributed by atoms with Gasteiger partial charge in [-0.3, -0.25) is 14.2 Å². The molecule has 1 amide bonds. The van der Waals surface area contributed by atoms with Crippen molar-refractivity contribution in [3.05, 3.63) is 0 Å². The van der Waals surface area contributed by atoms with E-state index in [1.807, 2.05) is 18.7 Å². The number of aliphatic carboxylic acids is 1. The van der Waals surface area contributed by atoms with Gasteiger partial charge in [-0.05, 0) is 46.2 Å². The Morgan fingerprint density at radius 2 is 1.84 bits per heavy atom. The van der Waals surface area contributed by atoms with Crippen molar-refractivity contribution in [3.63, 3.8) is 0 Å². The van der Waals surface area contributed by atoms with Gasteiger partial charge in [0.15, 0.2) is 0 Å². The van der Waals surface area contributed by atoms with Crippen LogP contribution >= 0.6 is 7.60 Å². The molecule has 2 atom stereocenters. The van der Waals surface area contributed by atoms with Crippen LogP contribution in [0.2, 0.25) is 0 Å². The molecule has 9 heteroatoms. The average Bonchev–Trinajstić information content (AvgIpc) is 2.54. The molecule has 1 aliphatic heterocycles. The van der Waals surface area contributed by atoms with E-state index in [4.69, 9.17) is 14.4 Å². The molecule has 0 bridgehead atoms. The molecule has 2 unspecified atom stereocenters. The summed E-state index contributed by atoms with van der Waals surface area (Å²) in [6.07, 6.45) is 2.27. The molecule has 0 saturated carbocycles. The summed E-state index contributed by atoms with van der Waals surface area (Å²) in [6.45, 7) is 9.18. The molecule has 1 saturated heterocycles. The lowest BCUT2D eigenvalue weighted by Crippen LogP contribution is -2.46. The first kappa shape index (κ1) is 24.1. The Balaban J connectivity index is 0.00000129. The summed E-state index contributed by atoms with van der Waals surface area (Å²) in [7, 11) is -3.67. The lowest BCUT2D eigenvalue weighted by atomic mass is 10.0. The standard InChI is InChI=1S/C14H29N2O4P.C2H4O2/c1-4-12(3)20-21(18,19)11-8-14(17)16(5-2)13-6-9-15-10-7-13;1-2(3)4/h12-13,15H,4-11H2,1-3H3,(H,18,19);1H3,(H,3,4). The Morgan fingerprint density at radius 1 is 1.32 bits per heavy atom. The van der Waals surface area contributed by atoms with Gasteiger partial charge < -0.3 is 24.7 Å². The molecular weight excluding hydrogens is 347 g/mol. The fraction of sp³-hybridized carbons (Fsp3) is 0.875. The van der Waals surface area contributed by atoms with E-state index in [2.05, 4.69) is 5.32 Å². The van der Waals surface area contributed by atoms with Crippen LogP contribution in [0.25, 0.3) is 0 Å². The molecule has 1 fully saturated rings. The maximum Gasteiger partial charge on any atom is 0.328 e. The summed E-state index contributed by atoms with van der Waals surface area (Å²) in [4.78, 5) is 32.9. The van der Waals surface area contributed by atoms with E-state index >= 15 is 0 Å². The molecule has 0 aromatic carbocycles. The fourth-order valence-corrected chi connectivity index (χ4v) is 3.84. The number of nitrogens with one attached hydrogen (secondary N) is 1. The lowest BCUT2D eigenvalue weighted by molar-refractivity contribution is -0.135. The second-order valence-corrected chi connectivity index (χ2v) is 8.05. The average molecular weight is 380 g/mol. The van der Waals surface area contributed by atoms with Crippen LogP contribution in [0.4, 0.5) is 0 Å². The number of hydrogen-bond acceptors (Lipinski definition) is 5. The molecule has 3 N–H and O–H groups in total. The van der Waals surface area contributed by atoms with Gasteiger partial charge in [0.1, 0.15) is 0 Å². The van der Waals surface area contributed by atoms with Gasteiger partial charge in [0.25, 0.3) is 5.97 Å². The molecular formula is C16H33N2O6P. The molecule has 0 spiro atoms. The van der Waals surface area contributed by atoms with Gasteiger partial charge in [0, 0.05) is 25.9 Å². The van der Waals surface area contributed by atoms with Crippen LogP contribution in [0.5, 0.6) is 0 Å². The summed E-state index contributed by atoms with van der Waals surface area (Å²) in [5.41, 5.74) is 0. The highest BCUT2D eigenvalue weighted by atomic mass is 31.2. The van der Waals surface area contributed by atoms with Gasteiger partial charge in [-0.15, -0.1) is 0 Å². The van der Waals surface area contributed by atoms with Crippen LogP contribution in [-0.2, 0) is 18.7 Å². The van der Waals surface area contributed by atoms with Crippen molar-refractivity contribution in [2.24, 2.45) is 0 Å². The van der Waals surface area contributed by atoms with Gasteiger partial charge >= 0.3 is 7.60 Å². The normalized spacial score (nSPS) is 18.4. The van der Waals surface area contributed by atoms with Crippen molar-refractivity contribution in [2.75, 3.05) is 25.8 Å². The summed E-state index contributed by atoms with van der Waals surface area (Å²) in [6, 6.07) is 0.248. The first-order valence-corrected chi connectivity index (χ1v) is 10.6. The van der Waals surface area contributed by atoms with E-state index in [9.17, 15) is 14.3 Å². The zero-order valence-corrected chi connectivity index (χ0v) is 16.6. The van der Waals surface area contributed by atoms with E-state index in [0.29, 0.717) is 13.0 Å². The third-order valence-electron chi connectivity index (χ3n) is 3.94. The van der Waals surface area contributed by atoms with Crippen molar-refractivity contribution in [1.29, 1.82) is 0 Å². The lowest BCUT2D eigenvalue weighted by Gasteiger charge is -2.34. The van der Waals surface area contributed by atoms with E-state index in [1.54, 1.807) is 6.92 Å². The monoisotopic (exact) mass is 380 g/mol. The van der Waals surface area contributed by atoms with Gasteiger partial charge in [-0.1, -0.05) is 6.92 Å².